The highest BCUT2D eigenvalue weighted by atomic mass is 16.3. The van der Waals surface area contributed by atoms with Gasteiger partial charge in [0.25, 0.3) is 5.91 Å². The lowest BCUT2D eigenvalue weighted by atomic mass is 9.52. The van der Waals surface area contributed by atoms with Crippen molar-refractivity contribution in [1.29, 1.82) is 0 Å². The Morgan fingerprint density at radius 2 is 1.96 bits per heavy atom. The van der Waals surface area contributed by atoms with Crippen LogP contribution in [-0.4, -0.2) is 32.4 Å². The van der Waals surface area contributed by atoms with E-state index in [2.05, 4.69) is 38.1 Å². The molecule has 0 saturated heterocycles. The number of aliphatic hydroxyl groups is 1. The Morgan fingerprint density at radius 1 is 1.31 bits per heavy atom. The highest BCUT2D eigenvalue weighted by Crippen LogP contribution is 2.55. The summed E-state index contributed by atoms with van der Waals surface area (Å²) in [7, 11) is 0. The monoisotopic (exact) mass is 359 g/mol. The molecule has 5 rings (SSSR count). The maximum atomic E-state index is 13.1. The fourth-order valence-electron chi connectivity index (χ4n) is 6.07. The van der Waals surface area contributed by atoms with E-state index in [9.17, 15) is 9.90 Å². The number of rotatable bonds is 4. The third-order valence-corrected chi connectivity index (χ3v) is 6.77. The molecule has 5 nitrogen and oxygen atoms in total. The zero-order chi connectivity index (χ0) is 18.7. The molecule has 1 amide bonds. The second kappa shape index (κ2) is 6.08. The predicted molar refractivity (Wildman–Crippen MR) is 101 cm³/mol. The number of hydrogen-bond donors (Lipinski definition) is 2. The molecule has 0 aromatic carbocycles. The van der Waals surface area contributed by atoms with Crippen LogP contribution in [0.5, 0.6) is 0 Å². The molecule has 4 saturated carbocycles. The number of amides is 1. The smallest absolute Gasteiger partial charge is 0.254 e. The van der Waals surface area contributed by atoms with E-state index in [1.54, 1.807) is 6.20 Å². The first-order chi connectivity index (χ1) is 12.2. The molecule has 5 atom stereocenters. The fraction of sp³-hybridized carbons (Fsp3) is 0.810. The Balaban J connectivity index is 1.55. The van der Waals surface area contributed by atoms with Gasteiger partial charge in [-0.2, -0.15) is 5.10 Å². The third kappa shape index (κ3) is 2.98. The van der Waals surface area contributed by atoms with Gasteiger partial charge in [0.05, 0.1) is 28.6 Å². The van der Waals surface area contributed by atoms with Crippen molar-refractivity contribution in [2.75, 3.05) is 0 Å². The molecule has 2 N–H and O–H groups in total. The summed E-state index contributed by atoms with van der Waals surface area (Å²) in [6.45, 7) is 8.51. The maximum Gasteiger partial charge on any atom is 0.254 e. The Hall–Kier alpha value is -1.36. The van der Waals surface area contributed by atoms with Crippen LogP contribution in [0.4, 0.5) is 0 Å². The predicted octanol–water partition coefficient (Wildman–Crippen LogP) is 3.26. The molecule has 4 aliphatic rings. The minimum Gasteiger partial charge on any atom is -0.390 e. The van der Waals surface area contributed by atoms with Crippen molar-refractivity contribution >= 4 is 5.91 Å². The van der Waals surface area contributed by atoms with Gasteiger partial charge in [0, 0.05) is 6.04 Å². The van der Waals surface area contributed by atoms with Gasteiger partial charge in [0.2, 0.25) is 0 Å². The summed E-state index contributed by atoms with van der Waals surface area (Å²) < 4.78 is 2.00. The highest BCUT2D eigenvalue weighted by molar-refractivity contribution is 5.95. The summed E-state index contributed by atoms with van der Waals surface area (Å²) in [6.07, 6.45) is 8.60. The molecule has 0 radical (unpaired) electrons. The molecule has 4 bridgehead atoms. The number of nitrogens with one attached hydrogen (secondary N) is 1. The molecule has 0 spiro atoms. The molecule has 4 aliphatic carbocycles. The van der Waals surface area contributed by atoms with Crippen LogP contribution in [0.15, 0.2) is 6.20 Å². The number of hydrogen-bond acceptors (Lipinski definition) is 3. The van der Waals surface area contributed by atoms with Gasteiger partial charge in [-0.25, -0.2) is 0 Å². The van der Waals surface area contributed by atoms with Gasteiger partial charge in [-0.15, -0.1) is 0 Å². The zero-order valence-corrected chi connectivity index (χ0v) is 16.6. The Labute approximate surface area is 156 Å². The van der Waals surface area contributed by atoms with E-state index in [4.69, 9.17) is 0 Å². The third-order valence-electron chi connectivity index (χ3n) is 6.77. The first-order valence-electron chi connectivity index (χ1n) is 10.3. The molecule has 1 heterocycles. The molecule has 1 aromatic rings. The van der Waals surface area contributed by atoms with Crippen LogP contribution in [-0.2, 0) is 12.0 Å². The van der Waals surface area contributed by atoms with E-state index in [-0.39, 0.29) is 17.5 Å². The van der Waals surface area contributed by atoms with Crippen LogP contribution < -0.4 is 5.32 Å². The SMILES string of the molecule is CCCc1c(C(=O)NC2[C@@H]3CC4C[C@H]2CC(O)(C4)C3)cnn1C(C)(C)C. The summed E-state index contributed by atoms with van der Waals surface area (Å²) in [5.41, 5.74) is 1.19. The summed E-state index contributed by atoms with van der Waals surface area (Å²) in [4.78, 5) is 13.1. The first kappa shape index (κ1) is 18.0. The van der Waals surface area contributed by atoms with Gasteiger partial charge in [-0.1, -0.05) is 13.3 Å². The lowest BCUT2D eigenvalue weighted by Gasteiger charge is -2.58. The molecular weight excluding hydrogens is 326 g/mol. The van der Waals surface area contributed by atoms with Crippen LogP contribution in [0.3, 0.4) is 0 Å². The Kier molecular flexibility index (Phi) is 4.22. The number of carbonyl (C=O) groups excluding carboxylic acids is 1. The maximum absolute atomic E-state index is 13.1. The van der Waals surface area contributed by atoms with Crippen LogP contribution in [0.1, 0.15) is 82.3 Å². The molecular formula is C21H33N3O2. The number of nitrogens with zero attached hydrogens (tertiary/aromatic N) is 2. The number of aromatic nitrogens is 2. The highest BCUT2D eigenvalue weighted by Gasteiger charge is 2.55. The number of carbonyl (C=O) groups is 1. The topological polar surface area (TPSA) is 67.2 Å². The van der Waals surface area contributed by atoms with Crippen LogP contribution in [0, 0.1) is 17.8 Å². The van der Waals surface area contributed by atoms with Crippen molar-refractivity contribution in [3.8, 4) is 0 Å². The van der Waals surface area contributed by atoms with Crippen molar-refractivity contribution < 1.29 is 9.90 Å². The summed E-state index contributed by atoms with van der Waals surface area (Å²) in [5.74, 6) is 1.54. The van der Waals surface area contributed by atoms with Gasteiger partial charge < -0.3 is 10.4 Å². The average molecular weight is 360 g/mol. The molecule has 26 heavy (non-hydrogen) atoms. The van der Waals surface area contributed by atoms with Crippen LogP contribution in [0.2, 0.25) is 0 Å². The molecule has 4 fully saturated rings. The van der Waals surface area contributed by atoms with Gasteiger partial charge in [-0.3, -0.25) is 9.48 Å². The van der Waals surface area contributed by atoms with E-state index in [1.165, 1.54) is 0 Å². The second-order valence-electron chi connectivity index (χ2n) is 10.0. The minimum absolute atomic E-state index is 0.0217. The van der Waals surface area contributed by atoms with E-state index in [1.807, 2.05) is 4.68 Å². The van der Waals surface area contributed by atoms with E-state index >= 15 is 0 Å². The van der Waals surface area contributed by atoms with Crippen molar-refractivity contribution in [3.05, 3.63) is 17.5 Å². The van der Waals surface area contributed by atoms with Crippen LogP contribution >= 0.6 is 0 Å². The van der Waals surface area contributed by atoms with Crippen molar-refractivity contribution in [2.45, 2.75) is 89.8 Å². The van der Waals surface area contributed by atoms with E-state index in [0.717, 1.165) is 56.2 Å². The van der Waals surface area contributed by atoms with Crippen LogP contribution in [0.25, 0.3) is 0 Å². The Morgan fingerprint density at radius 3 is 2.50 bits per heavy atom. The van der Waals surface area contributed by atoms with Crippen molar-refractivity contribution in [1.82, 2.24) is 15.1 Å². The average Bonchev–Trinajstić information content (AvgIpc) is 2.93. The molecule has 0 aliphatic heterocycles. The largest absolute Gasteiger partial charge is 0.390 e. The van der Waals surface area contributed by atoms with Gasteiger partial charge in [-0.05, 0) is 77.0 Å². The summed E-state index contributed by atoms with van der Waals surface area (Å²) in [5, 5.41) is 18.6. The summed E-state index contributed by atoms with van der Waals surface area (Å²) >= 11 is 0. The van der Waals surface area contributed by atoms with E-state index in [0.29, 0.717) is 17.8 Å². The standard InChI is InChI=1S/C21H33N3O2/c1-5-6-17-16(12-22-24(17)20(2,3)4)19(25)23-18-14-7-13-8-15(18)11-21(26,9-13)10-14/h12-15,18,26H,5-11H2,1-4H3,(H,23,25)/t13?,14-,15+,18?,21?. The molecule has 144 valence electrons. The molecule has 3 unspecified atom stereocenters. The minimum atomic E-state index is -0.456. The summed E-state index contributed by atoms with van der Waals surface area (Å²) in [6, 6.07) is 0.215. The lowest BCUT2D eigenvalue weighted by Crippen LogP contribution is -2.61. The quantitative estimate of drug-likeness (QED) is 0.867. The van der Waals surface area contributed by atoms with Gasteiger partial charge >= 0.3 is 0 Å². The van der Waals surface area contributed by atoms with Gasteiger partial charge in [0.15, 0.2) is 0 Å². The molecule has 1 aromatic heterocycles. The molecule has 5 heteroatoms. The fourth-order valence-corrected chi connectivity index (χ4v) is 6.07. The Bertz CT molecular complexity index is 687. The normalized spacial score (nSPS) is 35.7. The lowest BCUT2D eigenvalue weighted by molar-refractivity contribution is -0.136. The van der Waals surface area contributed by atoms with Gasteiger partial charge in [0.1, 0.15) is 0 Å². The second-order valence-corrected chi connectivity index (χ2v) is 10.0. The van der Waals surface area contributed by atoms with Crippen molar-refractivity contribution in [2.24, 2.45) is 17.8 Å². The first-order valence-corrected chi connectivity index (χ1v) is 10.3. The van der Waals surface area contributed by atoms with E-state index < -0.39 is 5.60 Å². The zero-order valence-electron chi connectivity index (χ0n) is 16.6. The van der Waals surface area contributed by atoms with Crippen molar-refractivity contribution in [3.63, 3.8) is 0 Å².